The monoisotopic (exact) mass is 253 g/mol. The second-order valence-electron chi connectivity index (χ2n) is 4.33. The fourth-order valence-electron chi connectivity index (χ4n) is 1.80. The summed E-state index contributed by atoms with van der Waals surface area (Å²) in [6.45, 7) is 5.78. The van der Waals surface area contributed by atoms with Gasteiger partial charge in [0.15, 0.2) is 0 Å². The number of ether oxygens (including phenoxy) is 1. The zero-order valence-electron chi connectivity index (χ0n) is 10.6. The predicted octanol–water partition coefficient (Wildman–Crippen LogP) is 2.23. The van der Waals surface area contributed by atoms with Crippen molar-refractivity contribution >= 4 is 17.6 Å². The molecule has 2 rings (SSSR count). The van der Waals surface area contributed by atoms with Crippen LogP contribution in [0, 0.1) is 0 Å². The number of nitrogens with zero attached hydrogens (tertiary/aromatic N) is 2. The van der Waals surface area contributed by atoms with Crippen LogP contribution in [0.15, 0.2) is 0 Å². The predicted molar refractivity (Wildman–Crippen MR) is 71.4 cm³/mol. The molecular weight excluding hydrogens is 234 g/mol. The van der Waals surface area contributed by atoms with Crippen LogP contribution in [0.25, 0.3) is 0 Å². The van der Waals surface area contributed by atoms with Gasteiger partial charge in [-0.15, -0.1) is 0 Å². The van der Waals surface area contributed by atoms with Crippen LogP contribution in [0.1, 0.15) is 30.9 Å². The molecule has 1 aromatic rings. The van der Waals surface area contributed by atoms with Crippen molar-refractivity contribution < 1.29 is 4.74 Å². The first-order valence-corrected chi connectivity index (χ1v) is 7.01. The Balaban J connectivity index is 2.23. The third-order valence-corrected chi connectivity index (χ3v) is 3.74. The molecule has 0 spiro atoms. The van der Waals surface area contributed by atoms with Gasteiger partial charge in [0.1, 0.15) is 11.6 Å². The van der Waals surface area contributed by atoms with E-state index in [9.17, 15) is 0 Å². The number of hydrogen-bond donors (Lipinski definition) is 1. The van der Waals surface area contributed by atoms with E-state index in [1.54, 1.807) is 0 Å². The summed E-state index contributed by atoms with van der Waals surface area (Å²) >= 11 is 1.87. The number of nitrogens with one attached hydrogen (secondary N) is 1. The van der Waals surface area contributed by atoms with Gasteiger partial charge >= 0.3 is 0 Å². The van der Waals surface area contributed by atoms with Crippen molar-refractivity contribution in [1.82, 2.24) is 9.97 Å². The van der Waals surface area contributed by atoms with Gasteiger partial charge in [0.25, 0.3) is 0 Å². The molecule has 4 nitrogen and oxygen atoms in total. The van der Waals surface area contributed by atoms with Crippen LogP contribution in [-0.4, -0.2) is 28.9 Å². The molecule has 1 N–H and O–H groups in total. The third kappa shape index (κ3) is 3.10. The zero-order valence-corrected chi connectivity index (χ0v) is 11.4. The molecule has 0 fully saturated rings. The summed E-state index contributed by atoms with van der Waals surface area (Å²) in [4.78, 5) is 9.20. The Kier molecular flexibility index (Phi) is 4.23. The highest BCUT2D eigenvalue weighted by Crippen LogP contribution is 2.24. The van der Waals surface area contributed by atoms with Crippen molar-refractivity contribution in [2.75, 3.05) is 19.0 Å². The Morgan fingerprint density at radius 3 is 2.94 bits per heavy atom. The van der Waals surface area contributed by atoms with E-state index in [0.29, 0.717) is 11.9 Å². The summed E-state index contributed by atoms with van der Waals surface area (Å²) in [7, 11) is 1.90. The number of fused-ring (bicyclic) bond motifs is 1. The van der Waals surface area contributed by atoms with Crippen LogP contribution in [-0.2, 0) is 23.5 Å². The van der Waals surface area contributed by atoms with Crippen molar-refractivity contribution in [1.29, 1.82) is 0 Å². The highest BCUT2D eigenvalue weighted by atomic mass is 32.2. The highest BCUT2D eigenvalue weighted by Gasteiger charge is 2.17. The summed E-state index contributed by atoms with van der Waals surface area (Å²) in [5.41, 5.74) is 2.27. The van der Waals surface area contributed by atoms with E-state index in [-0.39, 0.29) is 0 Å². The van der Waals surface area contributed by atoms with Crippen LogP contribution in [0.2, 0.25) is 0 Å². The maximum absolute atomic E-state index is 5.45. The Labute approximate surface area is 107 Å². The van der Waals surface area contributed by atoms with Crippen LogP contribution < -0.4 is 5.32 Å². The van der Waals surface area contributed by atoms with Crippen LogP contribution in [0.4, 0.5) is 5.82 Å². The number of thioether (sulfide) groups is 1. The van der Waals surface area contributed by atoms with E-state index in [4.69, 9.17) is 4.74 Å². The van der Waals surface area contributed by atoms with Crippen molar-refractivity contribution in [2.45, 2.75) is 37.9 Å². The molecule has 5 heteroatoms. The molecule has 1 aromatic heterocycles. The first-order chi connectivity index (χ1) is 8.20. The average Bonchev–Trinajstić information content (AvgIpc) is 2.35. The molecule has 94 valence electrons. The molecule has 2 heterocycles. The minimum atomic E-state index is 0.607. The molecule has 0 aromatic carbocycles. The number of hydrogen-bond acceptors (Lipinski definition) is 5. The summed E-state index contributed by atoms with van der Waals surface area (Å²) in [6.07, 6.45) is 0.895. The largest absolute Gasteiger partial charge is 0.376 e. The lowest BCUT2D eigenvalue weighted by Crippen LogP contribution is -2.17. The zero-order chi connectivity index (χ0) is 12.3. The van der Waals surface area contributed by atoms with Gasteiger partial charge in [-0.25, -0.2) is 9.97 Å². The lowest BCUT2D eigenvalue weighted by atomic mass is 10.1. The Morgan fingerprint density at radius 2 is 2.24 bits per heavy atom. The first kappa shape index (κ1) is 12.6. The Morgan fingerprint density at radius 1 is 1.41 bits per heavy atom. The summed E-state index contributed by atoms with van der Waals surface area (Å²) in [5, 5.41) is 3.75. The van der Waals surface area contributed by atoms with Gasteiger partial charge in [-0.1, -0.05) is 13.8 Å². The van der Waals surface area contributed by atoms with Crippen molar-refractivity contribution in [3.8, 4) is 0 Å². The summed E-state index contributed by atoms with van der Waals surface area (Å²) in [5.74, 6) is 2.73. The lowest BCUT2D eigenvalue weighted by Gasteiger charge is -2.19. The van der Waals surface area contributed by atoms with Gasteiger partial charge in [0.05, 0.1) is 24.7 Å². The molecule has 1 aliphatic rings. The maximum Gasteiger partial charge on any atom is 0.140 e. The quantitative estimate of drug-likeness (QED) is 0.891. The van der Waals surface area contributed by atoms with Crippen LogP contribution >= 0.6 is 11.8 Å². The van der Waals surface area contributed by atoms with Gasteiger partial charge < -0.3 is 10.1 Å². The molecule has 0 bridgehead atoms. The normalized spacial score (nSPS) is 14.8. The van der Waals surface area contributed by atoms with Crippen molar-refractivity contribution in [3.63, 3.8) is 0 Å². The summed E-state index contributed by atoms with van der Waals surface area (Å²) < 4.78 is 5.45. The number of anilines is 1. The smallest absolute Gasteiger partial charge is 0.140 e. The average molecular weight is 253 g/mol. The molecule has 0 radical (unpaired) electrons. The van der Waals surface area contributed by atoms with Gasteiger partial charge in [0, 0.05) is 19.0 Å². The van der Waals surface area contributed by atoms with Gasteiger partial charge in [-0.05, 0) is 5.25 Å². The maximum atomic E-state index is 5.45. The second kappa shape index (κ2) is 5.69. The molecule has 0 saturated heterocycles. The Bertz CT molecular complexity index is 378. The molecule has 0 atom stereocenters. The first-order valence-electron chi connectivity index (χ1n) is 5.96. The highest BCUT2D eigenvalue weighted by molar-refractivity contribution is 7.99. The Hall–Kier alpha value is -0.810. The topological polar surface area (TPSA) is 47.0 Å². The molecule has 0 unspecified atom stereocenters. The fourth-order valence-corrected chi connectivity index (χ4v) is 2.41. The van der Waals surface area contributed by atoms with E-state index in [0.717, 1.165) is 41.7 Å². The SMILES string of the molecule is CNc1nc(CSC(C)C)nc2c1COCC2. The molecule has 0 aliphatic carbocycles. The number of aromatic nitrogens is 2. The fraction of sp³-hybridized carbons (Fsp3) is 0.667. The van der Waals surface area contributed by atoms with Crippen molar-refractivity contribution in [3.05, 3.63) is 17.1 Å². The molecule has 0 amide bonds. The lowest BCUT2D eigenvalue weighted by molar-refractivity contribution is 0.109. The van der Waals surface area contributed by atoms with E-state index >= 15 is 0 Å². The van der Waals surface area contributed by atoms with Gasteiger partial charge in [-0.2, -0.15) is 11.8 Å². The molecule has 17 heavy (non-hydrogen) atoms. The van der Waals surface area contributed by atoms with E-state index in [2.05, 4.69) is 29.1 Å². The minimum Gasteiger partial charge on any atom is -0.376 e. The minimum absolute atomic E-state index is 0.607. The van der Waals surface area contributed by atoms with Crippen LogP contribution in [0.3, 0.4) is 0 Å². The number of rotatable bonds is 4. The van der Waals surface area contributed by atoms with E-state index < -0.39 is 0 Å². The van der Waals surface area contributed by atoms with Gasteiger partial charge in [-0.3, -0.25) is 0 Å². The molecule has 1 aliphatic heterocycles. The van der Waals surface area contributed by atoms with E-state index in [1.807, 2.05) is 18.8 Å². The molecular formula is C12H19N3OS. The summed E-state index contributed by atoms with van der Waals surface area (Å²) in [6, 6.07) is 0. The van der Waals surface area contributed by atoms with Crippen LogP contribution in [0.5, 0.6) is 0 Å². The third-order valence-electron chi connectivity index (χ3n) is 2.65. The standard InChI is InChI=1S/C12H19N3OS/c1-8(2)17-7-11-14-10-4-5-16-6-9(10)12(13-3)15-11/h8H,4-7H2,1-3H3,(H,13,14,15). The van der Waals surface area contributed by atoms with Crippen molar-refractivity contribution in [2.24, 2.45) is 0 Å². The second-order valence-corrected chi connectivity index (χ2v) is 5.89. The van der Waals surface area contributed by atoms with Gasteiger partial charge in [0.2, 0.25) is 0 Å². The van der Waals surface area contributed by atoms with E-state index in [1.165, 1.54) is 0 Å². The molecule has 0 saturated carbocycles.